The lowest BCUT2D eigenvalue weighted by Crippen LogP contribution is -2.32. The standard InChI is InChI=1S/C23H25BrN2O5/c1-25(2)10-5-11-26-20(14-6-4-7-15(24)12-14)19(22(29)23(26)30)21(28)17-9-8-16(31-3)13-18(17)27/h4,6-9,12-13,20,27-28H,5,10-11H2,1-3H3/t20-/m1/s1. The van der Waals surface area contributed by atoms with Gasteiger partial charge >= 0.3 is 0 Å². The number of aromatic hydroxyl groups is 1. The van der Waals surface area contributed by atoms with Crippen LogP contribution in [-0.4, -0.2) is 66.0 Å². The number of nitrogens with zero attached hydrogens (tertiary/aromatic N) is 2. The normalized spacial score (nSPS) is 18.1. The van der Waals surface area contributed by atoms with E-state index in [0.717, 1.165) is 11.0 Å². The maximum Gasteiger partial charge on any atom is 0.295 e. The van der Waals surface area contributed by atoms with Crippen molar-refractivity contribution in [3.63, 3.8) is 0 Å². The Kier molecular flexibility index (Phi) is 7.02. The number of amides is 1. The third-order valence-electron chi connectivity index (χ3n) is 5.17. The fourth-order valence-corrected chi connectivity index (χ4v) is 4.09. The first-order chi connectivity index (χ1) is 14.7. The molecule has 1 aliphatic heterocycles. The van der Waals surface area contributed by atoms with E-state index >= 15 is 0 Å². The predicted molar refractivity (Wildman–Crippen MR) is 121 cm³/mol. The van der Waals surface area contributed by atoms with Crippen LogP contribution in [0.4, 0.5) is 0 Å². The number of rotatable bonds is 7. The second-order valence-corrected chi connectivity index (χ2v) is 8.50. The van der Waals surface area contributed by atoms with Gasteiger partial charge in [-0.1, -0.05) is 28.1 Å². The summed E-state index contributed by atoms with van der Waals surface area (Å²) in [5, 5.41) is 21.4. The Morgan fingerprint density at radius 2 is 1.94 bits per heavy atom. The summed E-state index contributed by atoms with van der Waals surface area (Å²) in [6, 6.07) is 10.9. The van der Waals surface area contributed by atoms with Crippen LogP contribution in [0.5, 0.6) is 11.5 Å². The number of carbonyl (C=O) groups excluding carboxylic acids is 2. The molecule has 164 valence electrons. The molecule has 1 aliphatic rings. The lowest BCUT2D eigenvalue weighted by Gasteiger charge is -2.26. The van der Waals surface area contributed by atoms with E-state index in [1.54, 1.807) is 12.1 Å². The summed E-state index contributed by atoms with van der Waals surface area (Å²) >= 11 is 3.43. The minimum atomic E-state index is -0.775. The van der Waals surface area contributed by atoms with E-state index < -0.39 is 23.5 Å². The van der Waals surface area contributed by atoms with Gasteiger partial charge in [0.25, 0.3) is 11.7 Å². The highest BCUT2D eigenvalue weighted by Gasteiger charge is 2.46. The van der Waals surface area contributed by atoms with Gasteiger partial charge in [0, 0.05) is 17.1 Å². The van der Waals surface area contributed by atoms with E-state index in [4.69, 9.17) is 4.74 Å². The second kappa shape index (κ2) is 9.53. The van der Waals surface area contributed by atoms with Gasteiger partial charge < -0.3 is 24.7 Å². The average molecular weight is 489 g/mol. The molecule has 1 heterocycles. The number of hydrogen-bond donors (Lipinski definition) is 2. The minimum absolute atomic E-state index is 0.0478. The van der Waals surface area contributed by atoms with Crippen LogP contribution >= 0.6 is 15.9 Å². The van der Waals surface area contributed by atoms with Crippen LogP contribution < -0.4 is 4.74 Å². The van der Waals surface area contributed by atoms with Crippen LogP contribution in [-0.2, 0) is 9.59 Å². The summed E-state index contributed by atoms with van der Waals surface area (Å²) in [6.07, 6.45) is 0.665. The fourth-order valence-electron chi connectivity index (χ4n) is 3.67. The van der Waals surface area contributed by atoms with Crippen LogP contribution in [0.15, 0.2) is 52.5 Å². The molecule has 2 aromatic carbocycles. The van der Waals surface area contributed by atoms with Gasteiger partial charge in [0.2, 0.25) is 0 Å². The summed E-state index contributed by atoms with van der Waals surface area (Å²) in [6.45, 7) is 1.10. The van der Waals surface area contributed by atoms with Gasteiger partial charge in [-0.25, -0.2) is 0 Å². The zero-order valence-corrected chi connectivity index (χ0v) is 19.2. The number of ether oxygens (including phenoxy) is 1. The Labute approximate surface area is 189 Å². The lowest BCUT2D eigenvalue weighted by atomic mass is 9.95. The number of aliphatic hydroxyl groups is 1. The van der Waals surface area contributed by atoms with E-state index in [-0.39, 0.29) is 16.9 Å². The molecule has 2 aromatic rings. The molecule has 8 heteroatoms. The Balaban J connectivity index is 2.12. The van der Waals surface area contributed by atoms with Crippen molar-refractivity contribution in [3.05, 3.63) is 63.6 Å². The van der Waals surface area contributed by atoms with Crippen LogP contribution in [0.25, 0.3) is 5.76 Å². The summed E-state index contributed by atoms with van der Waals surface area (Å²) in [5.41, 5.74) is 0.702. The second-order valence-electron chi connectivity index (χ2n) is 7.59. The molecule has 1 saturated heterocycles. The molecule has 1 amide bonds. The van der Waals surface area contributed by atoms with Crippen LogP contribution in [0.2, 0.25) is 0 Å². The smallest absolute Gasteiger partial charge is 0.295 e. The number of aliphatic hydroxyl groups excluding tert-OH is 1. The number of carbonyl (C=O) groups is 2. The van der Waals surface area contributed by atoms with E-state index in [2.05, 4.69) is 15.9 Å². The van der Waals surface area contributed by atoms with Gasteiger partial charge in [0.05, 0.1) is 24.3 Å². The molecule has 0 aliphatic carbocycles. The third-order valence-corrected chi connectivity index (χ3v) is 5.66. The highest BCUT2D eigenvalue weighted by molar-refractivity contribution is 9.10. The minimum Gasteiger partial charge on any atom is -0.507 e. The van der Waals surface area contributed by atoms with Crippen molar-refractivity contribution in [3.8, 4) is 11.5 Å². The molecular weight excluding hydrogens is 464 g/mol. The van der Waals surface area contributed by atoms with Crippen molar-refractivity contribution >= 4 is 33.4 Å². The molecule has 0 bridgehead atoms. The first kappa shape index (κ1) is 22.8. The monoisotopic (exact) mass is 488 g/mol. The number of Topliss-reactive ketones (excluding diaryl/α,β-unsaturated/α-hetero) is 1. The van der Waals surface area contributed by atoms with E-state index in [0.29, 0.717) is 24.3 Å². The predicted octanol–water partition coefficient (Wildman–Crippen LogP) is 3.54. The van der Waals surface area contributed by atoms with Gasteiger partial charge in [0.15, 0.2) is 0 Å². The molecule has 1 fully saturated rings. The number of phenols is 1. The van der Waals surface area contributed by atoms with Gasteiger partial charge in [-0.3, -0.25) is 9.59 Å². The third kappa shape index (κ3) is 4.75. The number of ketones is 1. The van der Waals surface area contributed by atoms with E-state index in [1.807, 2.05) is 37.2 Å². The van der Waals surface area contributed by atoms with Crippen LogP contribution in [0, 0.1) is 0 Å². The van der Waals surface area contributed by atoms with Crippen molar-refractivity contribution in [1.29, 1.82) is 0 Å². The number of halogens is 1. The van der Waals surface area contributed by atoms with Gasteiger partial charge in [-0.05, 0) is 56.9 Å². The molecule has 0 radical (unpaired) electrons. The Morgan fingerprint density at radius 3 is 2.55 bits per heavy atom. The highest BCUT2D eigenvalue weighted by atomic mass is 79.9. The van der Waals surface area contributed by atoms with Crippen LogP contribution in [0.3, 0.4) is 0 Å². The van der Waals surface area contributed by atoms with Crippen molar-refractivity contribution in [1.82, 2.24) is 9.80 Å². The van der Waals surface area contributed by atoms with Crippen molar-refractivity contribution < 1.29 is 24.5 Å². The first-order valence-electron chi connectivity index (χ1n) is 9.80. The fraction of sp³-hybridized carbons (Fsp3) is 0.304. The quantitative estimate of drug-likeness (QED) is 0.352. The first-order valence-corrected chi connectivity index (χ1v) is 10.6. The van der Waals surface area contributed by atoms with Crippen molar-refractivity contribution in [2.75, 3.05) is 34.3 Å². The number of hydrogen-bond acceptors (Lipinski definition) is 6. The maximum absolute atomic E-state index is 13.0. The maximum atomic E-state index is 13.0. The Bertz CT molecular complexity index is 1030. The summed E-state index contributed by atoms with van der Waals surface area (Å²) in [4.78, 5) is 29.4. The van der Waals surface area contributed by atoms with E-state index in [9.17, 15) is 19.8 Å². The number of likely N-dealkylation sites (tertiary alicyclic amines) is 1. The topological polar surface area (TPSA) is 90.3 Å². The largest absolute Gasteiger partial charge is 0.507 e. The molecule has 1 atom stereocenters. The Hall–Kier alpha value is -2.84. The molecule has 0 spiro atoms. The molecule has 0 aromatic heterocycles. The van der Waals surface area contributed by atoms with Gasteiger partial charge in [0.1, 0.15) is 17.3 Å². The summed E-state index contributed by atoms with van der Waals surface area (Å²) < 4.78 is 5.87. The van der Waals surface area contributed by atoms with Crippen molar-refractivity contribution in [2.45, 2.75) is 12.5 Å². The van der Waals surface area contributed by atoms with Crippen molar-refractivity contribution in [2.24, 2.45) is 0 Å². The van der Waals surface area contributed by atoms with Crippen LogP contribution in [0.1, 0.15) is 23.6 Å². The highest BCUT2D eigenvalue weighted by Crippen LogP contribution is 2.41. The SMILES string of the molecule is COc1ccc(C(O)=C2C(=O)C(=O)N(CCCN(C)C)[C@@H]2c2cccc(Br)c2)c(O)c1. The number of benzene rings is 2. The Morgan fingerprint density at radius 1 is 1.19 bits per heavy atom. The lowest BCUT2D eigenvalue weighted by molar-refractivity contribution is -0.139. The molecule has 7 nitrogen and oxygen atoms in total. The van der Waals surface area contributed by atoms with Gasteiger partial charge in [-0.2, -0.15) is 0 Å². The molecule has 0 unspecified atom stereocenters. The van der Waals surface area contributed by atoms with Gasteiger partial charge in [-0.15, -0.1) is 0 Å². The molecule has 0 saturated carbocycles. The molecule has 2 N–H and O–H groups in total. The number of methoxy groups -OCH3 is 1. The molecular formula is C23H25BrN2O5. The number of phenolic OH excluding ortho intramolecular Hbond substituents is 1. The average Bonchev–Trinajstić information content (AvgIpc) is 2.98. The van der Waals surface area contributed by atoms with E-state index in [1.165, 1.54) is 24.1 Å². The summed E-state index contributed by atoms with van der Waals surface area (Å²) in [5.74, 6) is -1.70. The molecule has 3 rings (SSSR count). The molecule has 31 heavy (non-hydrogen) atoms. The zero-order chi connectivity index (χ0) is 22.7. The zero-order valence-electron chi connectivity index (χ0n) is 17.6. The summed E-state index contributed by atoms with van der Waals surface area (Å²) in [7, 11) is 5.33.